The van der Waals surface area contributed by atoms with E-state index in [1.807, 2.05) is 11.4 Å². The van der Waals surface area contributed by atoms with E-state index in [4.69, 9.17) is 10.7 Å². The van der Waals surface area contributed by atoms with Crippen molar-refractivity contribution in [3.8, 4) is 0 Å². The fourth-order valence-electron chi connectivity index (χ4n) is 3.46. The van der Waals surface area contributed by atoms with Crippen molar-refractivity contribution in [3.05, 3.63) is 81.4 Å². The van der Waals surface area contributed by atoms with Crippen LogP contribution >= 0.6 is 11.3 Å². The van der Waals surface area contributed by atoms with Crippen LogP contribution < -0.4 is 5.73 Å². The summed E-state index contributed by atoms with van der Waals surface area (Å²) in [5, 5.41) is 2.03. The maximum atomic E-state index is 13.4. The number of pyridine rings is 1. The average molecular weight is 376 g/mol. The number of fused-ring (bicyclic) bond motifs is 1. The van der Waals surface area contributed by atoms with Crippen LogP contribution in [-0.2, 0) is 0 Å². The molecule has 0 bridgehead atoms. The molecule has 5 rings (SSSR count). The van der Waals surface area contributed by atoms with Crippen LogP contribution in [0.1, 0.15) is 46.4 Å². The SMILES string of the molecule is NC1=Nc2nccc(C3CC3)c2C(c2cccs2)=NC1c1ccc(F)cc1. The summed E-state index contributed by atoms with van der Waals surface area (Å²) in [7, 11) is 0. The Morgan fingerprint density at radius 1 is 1.07 bits per heavy atom. The minimum atomic E-state index is -0.469. The first-order valence-electron chi connectivity index (χ1n) is 8.91. The molecule has 27 heavy (non-hydrogen) atoms. The van der Waals surface area contributed by atoms with Crippen molar-refractivity contribution in [2.24, 2.45) is 15.7 Å². The summed E-state index contributed by atoms with van der Waals surface area (Å²) in [6.07, 6.45) is 4.15. The van der Waals surface area contributed by atoms with Gasteiger partial charge in [0.15, 0.2) is 5.82 Å². The van der Waals surface area contributed by atoms with E-state index < -0.39 is 6.04 Å². The number of aromatic nitrogens is 1. The molecule has 1 unspecified atom stereocenters. The van der Waals surface area contributed by atoms with E-state index >= 15 is 0 Å². The summed E-state index contributed by atoms with van der Waals surface area (Å²) in [5.74, 6) is 1.24. The predicted molar refractivity (Wildman–Crippen MR) is 107 cm³/mol. The van der Waals surface area contributed by atoms with E-state index in [1.165, 1.54) is 30.5 Å². The molecule has 3 heterocycles. The van der Waals surface area contributed by atoms with Crippen molar-refractivity contribution < 1.29 is 4.39 Å². The van der Waals surface area contributed by atoms with Gasteiger partial charge < -0.3 is 5.73 Å². The molecule has 0 radical (unpaired) electrons. The van der Waals surface area contributed by atoms with Gasteiger partial charge in [-0.3, -0.25) is 4.99 Å². The number of nitrogens with zero attached hydrogens (tertiary/aromatic N) is 3. The van der Waals surface area contributed by atoms with Crippen LogP contribution in [0.4, 0.5) is 10.2 Å². The lowest BCUT2D eigenvalue weighted by Gasteiger charge is -2.14. The third-order valence-electron chi connectivity index (χ3n) is 4.93. The molecule has 2 aliphatic rings. The minimum absolute atomic E-state index is 0.286. The van der Waals surface area contributed by atoms with E-state index in [1.54, 1.807) is 29.7 Å². The van der Waals surface area contributed by atoms with Gasteiger partial charge >= 0.3 is 0 Å². The first-order valence-corrected chi connectivity index (χ1v) is 9.79. The third-order valence-corrected chi connectivity index (χ3v) is 5.81. The normalized spacial score (nSPS) is 19.1. The van der Waals surface area contributed by atoms with E-state index in [2.05, 4.69) is 22.1 Å². The number of thiophene rings is 1. The molecule has 1 saturated carbocycles. The summed E-state index contributed by atoms with van der Waals surface area (Å²) >= 11 is 1.63. The summed E-state index contributed by atoms with van der Waals surface area (Å²) in [6, 6.07) is 11.9. The predicted octanol–water partition coefficient (Wildman–Crippen LogP) is 4.74. The molecular weight excluding hydrogens is 359 g/mol. The van der Waals surface area contributed by atoms with Crippen LogP contribution in [0.3, 0.4) is 0 Å². The van der Waals surface area contributed by atoms with Gasteiger partial charge in [0.05, 0.1) is 10.6 Å². The van der Waals surface area contributed by atoms with Gasteiger partial charge in [-0.2, -0.15) is 0 Å². The molecule has 6 heteroatoms. The Hall–Kier alpha value is -2.86. The first-order chi connectivity index (χ1) is 13.2. The maximum absolute atomic E-state index is 13.4. The Bertz CT molecular complexity index is 1050. The molecule has 1 aromatic carbocycles. The van der Waals surface area contributed by atoms with Gasteiger partial charge in [-0.05, 0) is 59.5 Å². The molecule has 1 aliphatic heterocycles. The Morgan fingerprint density at radius 2 is 1.89 bits per heavy atom. The van der Waals surface area contributed by atoms with Crippen molar-refractivity contribution in [2.45, 2.75) is 24.8 Å². The molecule has 1 aliphatic carbocycles. The van der Waals surface area contributed by atoms with Gasteiger partial charge in [-0.25, -0.2) is 14.4 Å². The van der Waals surface area contributed by atoms with Crippen LogP contribution in [0.15, 0.2) is 64.0 Å². The second-order valence-electron chi connectivity index (χ2n) is 6.82. The fourth-order valence-corrected chi connectivity index (χ4v) is 4.19. The Morgan fingerprint density at radius 3 is 2.59 bits per heavy atom. The largest absolute Gasteiger partial charge is 0.385 e. The van der Waals surface area contributed by atoms with E-state index in [-0.39, 0.29) is 5.82 Å². The Labute approximate surface area is 160 Å². The standard InChI is InChI=1S/C21H17FN4S/c22-14-7-5-13(6-8-14)18-20(23)26-21-17(15(9-10-24-21)12-3-4-12)19(25-18)16-2-1-11-27-16/h1-2,5-12,18H,3-4H2,(H2,23,24,26). The number of hydrogen-bond donors (Lipinski definition) is 1. The van der Waals surface area contributed by atoms with Crippen molar-refractivity contribution >= 4 is 28.7 Å². The highest BCUT2D eigenvalue weighted by atomic mass is 32.1. The fraction of sp³-hybridized carbons (Fsp3) is 0.190. The molecule has 2 aromatic heterocycles. The first kappa shape index (κ1) is 16.3. The minimum Gasteiger partial charge on any atom is -0.385 e. The van der Waals surface area contributed by atoms with Crippen molar-refractivity contribution in [1.82, 2.24) is 4.98 Å². The van der Waals surface area contributed by atoms with Gasteiger partial charge in [0.2, 0.25) is 0 Å². The smallest absolute Gasteiger partial charge is 0.163 e. The molecular formula is C21H17FN4S. The zero-order valence-electron chi connectivity index (χ0n) is 14.5. The summed E-state index contributed by atoms with van der Waals surface area (Å²) in [5.41, 5.74) is 10.2. The number of aliphatic imine (C=N–C) groups is 2. The van der Waals surface area contributed by atoms with Gasteiger partial charge in [0.25, 0.3) is 0 Å². The van der Waals surface area contributed by atoms with Crippen molar-refractivity contribution in [1.29, 1.82) is 0 Å². The van der Waals surface area contributed by atoms with Gasteiger partial charge in [0.1, 0.15) is 17.7 Å². The van der Waals surface area contributed by atoms with Gasteiger partial charge in [-0.1, -0.05) is 18.2 Å². The van der Waals surface area contributed by atoms with Crippen LogP contribution in [0.5, 0.6) is 0 Å². The molecule has 1 atom stereocenters. The number of halogens is 1. The number of nitrogens with two attached hydrogens (primary N) is 1. The monoisotopic (exact) mass is 376 g/mol. The maximum Gasteiger partial charge on any atom is 0.163 e. The highest BCUT2D eigenvalue weighted by Crippen LogP contribution is 2.45. The zero-order chi connectivity index (χ0) is 18.4. The molecule has 0 saturated heterocycles. The lowest BCUT2D eigenvalue weighted by atomic mass is 9.99. The van der Waals surface area contributed by atoms with E-state index in [0.717, 1.165) is 21.7 Å². The average Bonchev–Trinajstić information content (AvgIpc) is 3.41. The molecule has 0 amide bonds. The second kappa shape index (κ2) is 6.39. The van der Waals surface area contributed by atoms with Crippen LogP contribution in [-0.4, -0.2) is 16.5 Å². The van der Waals surface area contributed by atoms with Crippen molar-refractivity contribution in [3.63, 3.8) is 0 Å². The Balaban J connectivity index is 1.75. The third kappa shape index (κ3) is 2.96. The lowest BCUT2D eigenvalue weighted by Crippen LogP contribution is -2.20. The van der Waals surface area contributed by atoms with Crippen LogP contribution in [0, 0.1) is 5.82 Å². The number of benzene rings is 1. The van der Waals surface area contributed by atoms with Crippen molar-refractivity contribution in [2.75, 3.05) is 0 Å². The lowest BCUT2D eigenvalue weighted by molar-refractivity contribution is 0.626. The number of rotatable bonds is 3. The second-order valence-corrected chi connectivity index (χ2v) is 7.77. The van der Waals surface area contributed by atoms with Gasteiger partial charge in [0, 0.05) is 11.8 Å². The summed E-state index contributed by atoms with van der Waals surface area (Å²) in [4.78, 5) is 15.2. The molecule has 3 aromatic rings. The summed E-state index contributed by atoms with van der Waals surface area (Å²) in [6.45, 7) is 0. The highest BCUT2D eigenvalue weighted by Gasteiger charge is 2.32. The number of amidine groups is 1. The van der Waals surface area contributed by atoms with E-state index in [9.17, 15) is 4.39 Å². The van der Waals surface area contributed by atoms with Gasteiger partial charge in [-0.15, -0.1) is 11.3 Å². The molecule has 1 fully saturated rings. The van der Waals surface area contributed by atoms with E-state index in [0.29, 0.717) is 17.6 Å². The van der Waals surface area contributed by atoms with Crippen LogP contribution in [0.25, 0.3) is 0 Å². The molecule has 2 N–H and O–H groups in total. The topological polar surface area (TPSA) is 63.6 Å². The van der Waals surface area contributed by atoms with Crippen LogP contribution in [0.2, 0.25) is 0 Å². The molecule has 0 spiro atoms. The highest BCUT2D eigenvalue weighted by molar-refractivity contribution is 7.12. The molecule has 134 valence electrons. The quantitative estimate of drug-likeness (QED) is 0.717. The zero-order valence-corrected chi connectivity index (χ0v) is 15.3. The number of hydrogen-bond acceptors (Lipinski definition) is 5. The Kier molecular flexibility index (Phi) is 3.86. The summed E-state index contributed by atoms with van der Waals surface area (Å²) < 4.78 is 13.4. The molecule has 4 nitrogen and oxygen atoms in total.